The zero-order chi connectivity index (χ0) is 21.3. The minimum atomic E-state index is -4.72. The van der Waals surface area contributed by atoms with Crippen LogP contribution in [-0.2, 0) is 11.0 Å². The summed E-state index contributed by atoms with van der Waals surface area (Å²) >= 11 is 0.753. The van der Waals surface area contributed by atoms with Crippen LogP contribution in [-0.4, -0.2) is 36.3 Å². The molecule has 3 N–H and O–H groups in total. The number of benzene rings is 1. The van der Waals surface area contributed by atoms with Gasteiger partial charge in [-0.1, -0.05) is 29.5 Å². The number of amides is 1. The topological polar surface area (TPSA) is 104 Å². The number of nitrogens with one attached hydrogen (secondary N) is 1. The highest BCUT2D eigenvalue weighted by Crippen LogP contribution is 2.29. The van der Waals surface area contributed by atoms with E-state index in [1.807, 2.05) is 38.1 Å². The lowest BCUT2D eigenvalue weighted by Gasteiger charge is -2.08. The molecule has 0 atom stereocenters. The Bertz CT molecular complexity index is 1040. The van der Waals surface area contributed by atoms with Crippen LogP contribution in [0.4, 0.5) is 18.9 Å². The summed E-state index contributed by atoms with van der Waals surface area (Å²) in [5.41, 5.74) is 3.85. The van der Waals surface area contributed by atoms with Crippen molar-refractivity contribution in [2.45, 2.75) is 32.1 Å². The molecule has 0 saturated heterocycles. The summed E-state index contributed by atoms with van der Waals surface area (Å²) in [6, 6.07) is 7.75. The standard InChI is InChI=1S/C17H18F3N7OS/c1-9-4-6-12(7-5-9)27-11(3)14(10(2)25-27)22-13(28)8-29-16-24-23-15(26(16)21)17(18,19)20/h4-7H,8,21H2,1-3H3,(H,22,28). The Balaban J connectivity index is 1.70. The van der Waals surface area contributed by atoms with Crippen LogP contribution in [0.2, 0.25) is 0 Å². The lowest BCUT2D eigenvalue weighted by molar-refractivity contribution is -0.146. The van der Waals surface area contributed by atoms with Gasteiger partial charge in [0, 0.05) is 0 Å². The van der Waals surface area contributed by atoms with Crippen LogP contribution in [0.3, 0.4) is 0 Å². The maximum atomic E-state index is 12.7. The summed E-state index contributed by atoms with van der Waals surface area (Å²) in [5.74, 6) is 3.41. The first-order valence-corrected chi connectivity index (χ1v) is 9.40. The lowest BCUT2D eigenvalue weighted by Crippen LogP contribution is -2.22. The van der Waals surface area contributed by atoms with E-state index in [0.29, 0.717) is 16.1 Å². The van der Waals surface area contributed by atoms with Crippen molar-refractivity contribution in [2.24, 2.45) is 0 Å². The highest BCUT2D eigenvalue weighted by Gasteiger charge is 2.38. The van der Waals surface area contributed by atoms with Gasteiger partial charge >= 0.3 is 6.18 Å². The third-order valence-corrected chi connectivity index (χ3v) is 5.03. The van der Waals surface area contributed by atoms with E-state index in [1.54, 1.807) is 11.6 Å². The van der Waals surface area contributed by atoms with E-state index >= 15 is 0 Å². The normalized spacial score (nSPS) is 11.7. The van der Waals surface area contributed by atoms with Gasteiger partial charge in [-0.2, -0.15) is 18.3 Å². The molecule has 3 aromatic rings. The largest absolute Gasteiger partial charge is 0.453 e. The predicted octanol–water partition coefficient (Wildman–Crippen LogP) is 2.85. The van der Waals surface area contributed by atoms with Gasteiger partial charge in [-0.3, -0.25) is 4.79 Å². The fourth-order valence-corrected chi connectivity index (χ4v) is 3.29. The molecule has 1 amide bonds. The van der Waals surface area contributed by atoms with E-state index in [2.05, 4.69) is 20.6 Å². The monoisotopic (exact) mass is 425 g/mol. The van der Waals surface area contributed by atoms with Gasteiger partial charge in [-0.05, 0) is 32.9 Å². The van der Waals surface area contributed by atoms with E-state index in [-0.39, 0.29) is 10.9 Å². The molecule has 0 bridgehead atoms. The molecule has 0 aliphatic rings. The molecular weight excluding hydrogens is 407 g/mol. The third kappa shape index (κ3) is 4.36. The summed E-state index contributed by atoms with van der Waals surface area (Å²) in [6.07, 6.45) is -4.72. The molecule has 0 spiro atoms. The molecule has 0 saturated carbocycles. The second-order valence-electron chi connectivity index (χ2n) is 6.30. The van der Waals surface area contributed by atoms with E-state index in [9.17, 15) is 18.0 Å². The molecule has 3 rings (SSSR count). The molecule has 0 aliphatic carbocycles. The van der Waals surface area contributed by atoms with E-state index in [4.69, 9.17) is 5.84 Å². The van der Waals surface area contributed by atoms with Crippen molar-refractivity contribution in [3.8, 4) is 5.69 Å². The minimum Gasteiger partial charge on any atom is -0.335 e. The van der Waals surface area contributed by atoms with Gasteiger partial charge in [0.15, 0.2) is 0 Å². The SMILES string of the molecule is Cc1ccc(-n2nc(C)c(NC(=O)CSc3nnc(C(F)(F)F)n3N)c2C)cc1. The number of anilines is 1. The molecule has 0 unspecified atom stereocenters. The average molecular weight is 425 g/mol. The zero-order valence-corrected chi connectivity index (χ0v) is 16.6. The zero-order valence-electron chi connectivity index (χ0n) is 15.8. The molecule has 2 heterocycles. The van der Waals surface area contributed by atoms with E-state index in [0.717, 1.165) is 28.7 Å². The van der Waals surface area contributed by atoms with Gasteiger partial charge in [-0.15, -0.1) is 10.2 Å². The summed E-state index contributed by atoms with van der Waals surface area (Å²) < 4.78 is 40.1. The maximum absolute atomic E-state index is 12.7. The van der Waals surface area contributed by atoms with Crippen molar-refractivity contribution in [1.29, 1.82) is 0 Å². The minimum absolute atomic E-state index is 0.193. The number of hydrogen-bond acceptors (Lipinski definition) is 6. The molecule has 0 aliphatic heterocycles. The van der Waals surface area contributed by atoms with Crippen LogP contribution in [0.25, 0.3) is 5.69 Å². The summed E-state index contributed by atoms with van der Waals surface area (Å²) in [6.45, 7) is 5.55. The number of nitrogens with two attached hydrogens (primary N) is 1. The Morgan fingerprint density at radius 3 is 2.41 bits per heavy atom. The number of carbonyl (C=O) groups excluding carboxylic acids is 1. The van der Waals surface area contributed by atoms with Crippen LogP contribution in [0.1, 0.15) is 22.8 Å². The van der Waals surface area contributed by atoms with Gasteiger partial charge in [-0.25, -0.2) is 9.36 Å². The number of nitrogens with zero attached hydrogens (tertiary/aromatic N) is 5. The van der Waals surface area contributed by atoms with Crippen molar-refractivity contribution in [3.05, 3.63) is 47.0 Å². The van der Waals surface area contributed by atoms with Gasteiger partial charge in [0.2, 0.25) is 11.1 Å². The molecule has 154 valence electrons. The van der Waals surface area contributed by atoms with Gasteiger partial charge in [0.1, 0.15) is 0 Å². The summed E-state index contributed by atoms with van der Waals surface area (Å²) in [4.78, 5) is 12.3. The molecule has 29 heavy (non-hydrogen) atoms. The summed E-state index contributed by atoms with van der Waals surface area (Å²) in [7, 11) is 0. The summed E-state index contributed by atoms with van der Waals surface area (Å²) in [5, 5.41) is 13.4. The lowest BCUT2D eigenvalue weighted by atomic mass is 10.2. The van der Waals surface area contributed by atoms with E-state index < -0.39 is 17.9 Å². The quantitative estimate of drug-likeness (QED) is 0.481. The number of hydrogen-bond donors (Lipinski definition) is 2. The first kappa shape index (κ1) is 20.7. The number of aryl methyl sites for hydroxylation is 2. The fourth-order valence-electron chi connectivity index (χ4n) is 2.64. The van der Waals surface area contributed by atoms with Crippen LogP contribution < -0.4 is 11.2 Å². The van der Waals surface area contributed by atoms with Crippen molar-refractivity contribution >= 4 is 23.4 Å². The average Bonchev–Trinajstić information content (AvgIpc) is 3.15. The van der Waals surface area contributed by atoms with Crippen LogP contribution in [0.5, 0.6) is 0 Å². The third-order valence-electron chi connectivity index (χ3n) is 4.08. The van der Waals surface area contributed by atoms with Gasteiger partial charge < -0.3 is 11.2 Å². The van der Waals surface area contributed by atoms with Gasteiger partial charge in [0.05, 0.1) is 28.5 Å². The molecule has 12 heteroatoms. The molecular formula is C17H18F3N7OS. The first-order chi connectivity index (χ1) is 13.6. The van der Waals surface area contributed by atoms with Crippen LogP contribution in [0.15, 0.2) is 29.4 Å². The number of aromatic nitrogens is 5. The molecule has 0 radical (unpaired) electrons. The van der Waals surface area contributed by atoms with Crippen LogP contribution in [0, 0.1) is 20.8 Å². The molecule has 1 aromatic carbocycles. The first-order valence-electron chi connectivity index (χ1n) is 8.41. The number of rotatable bonds is 5. The second kappa shape index (κ2) is 7.78. The van der Waals surface area contributed by atoms with Crippen molar-refractivity contribution < 1.29 is 18.0 Å². The Hall–Kier alpha value is -3.02. The number of halogens is 3. The molecule has 0 fully saturated rings. The second-order valence-corrected chi connectivity index (χ2v) is 7.25. The Kier molecular flexibility index (Phi) is 5.55. The van der Waals surface area contributed by atoms with Crippen LogP contribution >= 0.6 is 11.8 Å². The van der Waals surface area contributed by atoms with Crippen molar-refractivity contribution in [2.75, 3.05) is 16.9 Å². The van der Waals surface area contributed by atoms with Gasteiger partial charge in [0.25, 0.3) is 5.82 Å². The maximum Gasteiger partial charge on any atom is 0.453 e. The van der Waals surface area contributed by atoms with E-state index in [1.165, 1.54) is 0 Å². The molecule has 2 aromatic heterocycles. The number of carbonyl (C=O) groups is 1. The molecule has 8 nitrogen and oxygen atoms in total. The van der Waals surface area contributed by atoms with Crippen molar-refractivity contribution in [3.63, 3.8) is 0 Å². The Morgan fingerprint density at radius 2 is 1.83 bits per heavy atom. The highest BCUT2D eigenvalue weighted by molar-refractivity contribution is 7.99. The smallest absolute Gasteiger partial charge is 0.335 e. The number of nitrogen functional groups attached to an aromatic ring is 1. The number of alkyl halides is 3. The Morgan fingerprint density at radius 1 is 1.17 bits per heavy atom. The fraction of sp³-hybridized carbons (Fsp3) is 0.294. The van der Waals surface area contributed by atoms with Crippen molar-refractivity contribution in [1.82, 2.24) is 24.7 Å². The highest BCUT2D eigenvalue weighted by atomic mass is 32.2. The predicted molar refractivity (Wildman–Crippen MR) is 102 cm³/mol. The Labute approximate surface area is 168 Å². The number of thioether (sulfide) groups is 1.